The minimum absolute atomic E-state index is 0.462. The highest BCUT2D eigenvalue weighted by atomic mass is 79.9. The van der Waals surface area contributed by atoms with Crippen LogP contribution in [0.2, 0.25) is 0 Å². The van der Waals surface area contributed by atoms with Crippen LogP contribution in [-0.2, 0) is 15.4 Å². The first-order valence-electron chi connectivity index (χ1n) is 5.74. The lowest BCUT2D eigenvalue weighted by Crippen LogP contribution is -2.22. The number of anilines is 1. The third kappa shape index (κ3) is 3.88. The van der Waals surface area contributed by atoms with Gasteiger partial charge in [0.25, 0.3) is 0 Å². The van der Waals surface area contributed by atoms with Crippen molar-refractivity contribution >= 4 is 31.6 Å². The fourth-order valence-electron chi connectivity index (χ4n) is 1.33. The third-order valence-corrected chi connectivity index (χ3v) is 4.75. The van der Waals surface area contributed by atoms with Crippen LogP contribution in [0.4, 0.5) is 5.69 Å². The van der Waals surface area contributed by atoms with Crippen LogP contribution in [0.5, 0.6) is 5.75 Å². The van der Waals surface area contributed by atoms with Crippen molar-refractivity contribution in [3.05, 3.63) is 23.8 Å². The Morgan fingerprint density at radius 1 is 1.39 bits per heavy atom. The highest BCUT2D eigenvalue weighted by Crippen LogP contribution is 2.26. The Labute approximate surface area is 117 Å². The van der Waals surface area contributed by atoms with E-state index in [2.05, 4.69) is 20.7 Å². The molecule has 0 heterocycles. The number of benzene rings is 1. The van der Waals surface area contributed by atoms with Gasteiger partial charge in [-0.25, -0.2) is 8.42 Å². The summed E-state index contributed by atoms with van der Waals surface area (Å²) in [5.41, 5.74) is 1.47. The smallest absolute Gasteiger partial charge is 0.235 e. The Bertz CT molecular complexity index is 500. The molecule has 4 nitrogen and oxygen atoms in total. The molecule has 6 heteroatoms. The Morgan fingerprint density at radius 3 is 2.56 bits per heavy atom. The molecule has 0 radical (unpaired) electrons. The average Bonchev–Trinajstić information content (AvgIpc) is 2.30. The molecule has 0 saturated heterocycles. The van der Waals surface area contributed by atoms with Crippen molar-refractivity contribution in [2.24, 2.45) is 0 Å². The quantitative estimate of drug-likeness (QED) is 0.812. The molecule has 1 rings (SSSR count). The van der Waals surface area contributed by atoms with E-state index in [1.807, 2.05) is 6.92 Å². The molecule has 0 amide bonds. The Hall–Kier alpha value is -0.750. The number of ether oxygens (including phenoxy) is 1. The lowest BCUT2D eigenvalue weighted by atomic mass is 10.2. The van der Waals surface area contributed by atoms with Gasteiger partial charge in [0, 0.05) is 16.6 Å². The molecule has 1 N–H and O–H groups in total. The van der Waals surface area contributed by atoms with E-state index in [4.69, 9.17) is 4.74 Å². The van der Waals surface area contributed by atoms with Crippen molar-refractivity contribution in [1.29, 1.82) is 0 Å². The van der Waals surface area contributed by atoms with Gasteiger partial charge in [-0.2, -0.15) is 0 Å². The molecule has 0 saturated carbocycles. The second-order valence-corrected chi connectivity index (χ2v) is 6.88. The van der Waals surface area contributed by atoms with E-state index in [9.17, 15) is 8.42 Å². The molecule has 0 aliphatic carbocycles. The van der Waals surface area contributed by atoms with Crippen molar-refractivity contribution in [3.63, 3.8) is 0 Å². The summed E-state index contributed by atoms with van der Waals surface area (Å²) in [6.45, 7) is 5.77. The van der Waals surface area contributed by atoms with Gasteiger partial charge in [0.05, 0.1) is 11.9 Å². The molecule has 0 aliphatic rings. The van der Waals surface area contributed by atoms with Gasteiger partial charge >= 0.3 is 0 Å². The van der Waals surface area contributed by atoms with Gasteiger partial charge in [0.15, 0.2) is 0 Å². The number of halogens is 1. The van der Waals surface area contributed by atoms with Crippen LogP contribution < -0.4 is 9.46 Å². The summed E-state index contributed by atoms with van der Waals surface area (Å²) in [7, 11) is -3.31. The molecule has 0 atom stereocenters. The second-order valence-electron chi connectivity index (χ2n) is 4.08. The van der Waals surface area contributed by atoms with Gasteiger partial charge in [-0.1, -0.05) is 15.9 Å². The summed E-state index contributed by atoms with van der Waals surface area (Å²) >= 11 is 3.36. The fraction of sp³-hybridized carbons (Fsp3) is 0.500. The molecule has 102 valence electrons. The molecule has 0 bridgehead atoms. The maximum Gasteiger partial charge on any atom is 0.235 e. The Balaban J connectivity index is 2.99. The number of rotatable bonds is 6. The van der Waals surface area contributed by atoms with Gasteiger partial charge in [0.2, 0.25) is 10.0 Å². The molecule has 1 aromatic rings. The highest BCUT2D eigenvalue weighted by molar-refractivity contribution is 9.08. The summed E-state index contributed by atoms with van der Waals surface area (Å²) in [5, 5.41) is 0.149. The molecule has 0 aliphatic heterocycles. The van der Waals surface area contributed by atoms with Gasteiger partial charge < -0.3 is 4.74 Å². The zero-order valence-electron chi connectivity index (χ0n) is 10.7. The Kier molecular flexibility index (Phi) is 5.47. The lowest BCUT2D eigenvalue weighted by Gasteiger charge is -2.13. The first kappa shape index (κ1) is 15.3. The number of nitrogens with one attached hydrogen (secondary N) is 1. The highest BCUT2D eigenvalue weighted by Gasteiger charge is 2.16. The SMILES string of the molecule is CCOc1ccc(NS(=O)(=O)C(C)C)cc1CBr. The van der Waals surface area contributed by atoms with Gasteiger partial charge in [0.1, 0.15) is 5.75 Å². The average molecular weight is 336 g/mol. The summed E-state index contributed by atoms with van der Waals surface area (Å²) < 4.78 is 31.5. The molecule has 18 heavy (non-hydrogen) atoms. The number of sulfonamides is 1. The molecule has 0 unspecified atom stereocenters. The zero-order chi connectivity index (χ0) is 13.8. The normalized spacial score (nSPS) is 11.6. The zero-order valence-corrected chi connectivity index (χ0v) is 13.1. The summed E-state index contributed by atoms with van der Waals surface area (Å²) in [4.78, 5) is 0. The standard InChI is InChI=1S/C12H18BrNO3S/c1-4-17-12-6-5-11(7-10(12)8-13)14-18(15,16)9(2)3/h5-7,9,14H,4,8H2,1-3H3. The van der Waals surface area contributed by atoms with Crippen molar-refractivity contribution in [1.82, 2.24) is 0 Å². The van der Waals surface area contributed by atoms with E-state index >= 15 is 0 Å². The van der Waals surface area contributed by atoms with Crippen LogP contribution in [0.3, 0.4) is 0 Å². The van der Waals surface area contributed by atoms with Crippen molar-refractivity contribution in [3.8, 4) is 5.75 Å². The van der Waals surface area contributed by atoms with Crippen molar-refractivity contribution in [2.45, 2.75) is 31.4 Å². The van der Waals surface area contributed by atoms with E-state index in [0.717, 1.165) is 11.3 Å². The Morgan fingerprint density at radius 2 is 2.06 bits per heavy atom. The predicted molar refractivity (Wildman–Crippen MR) is 77.9 cm³/mol. The largest absolute Gasteiger partial charge is 0.494 e. The van der Waals surface area contributed by atoms with Gasteiger partial charge in [-0.15, -0.1) is 0 Å². The maximum absolute atomic E-state index is 11.8. The minimum atomic E-state index is -3.31. The predicted octanol–water partition coefficient (Wildman–Crippen LogP) is 3.13. The van der Waals surface area contributed by atoms with Crippen LogP contribution >= 0.6 is 15.9 Å². The molecular weight excluding hydrogens is 318 g/mol. The van der Waals surface area contributed by atoms with Crippen LogP contribution in [-0.4, -0.2) is 20.3 Å². The van der Waals surface area contributed by atoms with Crippen molar-refractivity contribution < 1.29 is 13.2 Å². The van der Waals surface area contributed by atoms with Crippen molar-refractivity contribution in [2.75, 3.05) is 11.3 Å². The summed E-state index contributed by atoms with van der Waals surface area (Å²) in [6.07, 6.45) is 0. The summed E-state index contributed by atoms with van der Waals surface area (Å²) in [6, 6.07) is 5.26. The van der Waals surface area contributed by atoms with Crippen LogP contribution in [0.15, 0.2) is 18.2 Å². The van der Waals surface area contributed by atoms with E-state index in [1.165, 1.54) is 0 Å². The monoisotopic (exact) mass is 335 g/mol. The fourth-order valence-corrected chi connectivity index (χ4v) is 2.46. The second kappa shape index (κ2) is 6.43. The molecule has 1 aromatic carbocycles. The van der Waals surface area contributed by atoms with Crippen LogP contribution in [0, 0.1) is 0 Å². The third-order valence-electron chi connectivity index (χ3n) is 2.39. The number of alkyl halides is 1. The van der Waals surface area contributed by atoms with E-state index in [1.54, 1.807) is 32.0 Å². The lowest BCUT2D eigenvalue weighted by molar-refractivity contribution is 0.338. The summed E-state index contributed by atoms with van der Waals surface area (Å²) in [5.74, 6) is 0.766. The van der Waals surface area contributed by atoms with Crippen LogP contribution in [0.1, 0.15) is 26.3 Å². The molecule has 0 spiro atoms. The molecule has 0 aromatic heterocycles. The first-order chi connectivity index (χ1) is 8.40. The number of hydrogen-bond donors (Lipinski definition) is 1. The van der Waals surface area contributed by atoms with E-state index < -0.39 is 15.3 Å². The van der Waals surface area contributed by atoms with Gasteiger partial charge in [-0.3, -0.25) is 4.72 Å². The maximum atomic E-state index is 11.8. The number of hydrogen-bond acceptors (Lipinski definition) is 3. The topological polar surface area (TPSA) is 55.4 Å². The minimum Gasteiger partial charge on any atom is -0.494 e. The molecular formula is C12H18BrNO3S. The first-order valence-corrected chi connectivity index (χ1v) is 8.40. The van der Waals surface area contributed by atoms with Gasteiger partial charge in [-0.05, 0) is 39.0 Å². The molecule has 0 fully saturated rings. The van der Waals surface area contributed by atoms with E-state index in [-0.39, 0.29) is 0 Å². The van der Waals surface area contributed by atoms with E-state index in [0.29, 0.717) is 17.6 Å². The van der Waals surface area contributed by atoms with Crippen LogP contribution in [0.25, 0.3) is 0 Å².